The van der Waals surface area contributed by atoms with Crippen LogP contribution in [0.15, 0.2) is 64.5 Å². The van der Waals surface area contributed by atoms with Gasteiger partial charge >= 0.3 is 6.03 Å². The van der Waals surface area contributed by atoms with Crippen LogP contribution in [0.25, 0.3) is 17.3 Å². The molecule has 1 atom stereocenters. The Balaban J connectivity index is 1.27. The number of aromatic nitrogens is 2. The summed E-state index contributed by atoms with van der Waals surface area (Å²) in [5.74, 6) is 0. The van der Waals surface area contributed by atoms with Crippen LogP contribution in [0.4, 0.5) is 4.79 Å². The molecular formula is C22H23N5O2. The number of amides is 2. The van der Waals surface area contributed by atoms with E-state index in [1.807, 2.05) is 30.3 Å². The largest absolute Gasteiger partial charge is 0.472 e. The maximum absolute atomic E-state index is 12.2. The van der Waals surface area contributed by atoms with Gasteiger partial charge in [0.1, 0.15) is 11.5 Å². The van der Waals surface area contributed by atoms with Crippen LogP contribution in [0.2, 0.25) is 0 Å². The molecule has 0 fully saturated rings. The summed E-state index contributed by atoms with van der Waals surface area (Å²) in [5.41, 5.74) is 3.39. The van der Waals surface area contributed by atoms with Crippen molar-refractivity contribution in [3.63, 3.8) is 0 Å². The summed E-state index contributed by atoms with van der Waals surface area (Å²) in [6.07, 6.45) is 10.1. The second-order valence-electron chi connectivity index (χ2n) is 6.90. The zero-order valence-corrected chi connectivity index (χ0v) is 16.0. The van der Waals surface area contributed by atoms with E-state index in [0.717, 1.165) is 30.2 Å². The minimum Gasteiger partial charge on any atom is -0.472 e. The molecule has 1 aromatic carbocycles. The van der Waals surface area contributed by atoms with Crippen molar-refractivity contribution >= 4 is 12.1 Å². The number of urea groups is 1. The molecule has 3 aromatic rings. The lowest BCUT2D eigenvalue weighted by atomic mass is 10.1. The van der Waals surface area contributed by atoms with E-state index in [9.17, 15) is 4.79 Å². The third kappa shape index (κ3) is 5.07. The van der Waals surface area contributed by atoms with E-state index in [0.29, 0.717) is 24.1 Å². The van der Waals surface area contributed by atoms with Crippen LogP contribution in [-0.4, -0.2) is 28.7 Å². The highest BCUT2D eigenvalue weighted by Crippen LogP contribution is 2.13. The molecule has 7 nitrogen and oxygen atoms in total. The number of unbranched alkanes of at least 4 members (excludes halogenated alkanes) is 1. The fraction of sp³-hybridized carbons (Fsp3) is 0.273. The van der Waals surface area contributed by atoms with Crippen LogP contribution >= 0.6 is 0 Å². The van der Waals surface area contributed by atoms with Crippen molar-refractivity contribution in [2.75, 3.05) is 6.54 Å². The van der Waals surface area contributed by atoms with E-state index in [4.69, 9.17) is 4.42 Å². The van der Waals surface area contributed by atoms with Gasteiger partial charge in [0.2, 0.25) is 0 Å². The highest BCUT2D eigenvalue weighted by atomic mass is 16.3. The first kappa shape index (κ1) is 18.9. The topological polar surface area (TPSA) is 92.4 Å². The summed E-state index contributed by atoms with van der Waals surface area (Å²) in [7, 11) is 0. The standard InChI is InChI=1S/C22H23N5O2/c28-22(23-12-5-4-8-16-6-2-1-3-7-16)27-20-10-9-18-21(26-20)25-19(14-24-18)17-11-13-29-15-17/h1-3,6-7,9,11,13-15,20H,4-5,8,10,12H2,(H2,23,27,28). The Labute approximate surface area is 168 Å². The van der Waals surface area contributed by atoms with Gasteiger partial charge in [0.05, 0.1) is 24.4 Å². The van der Waals surface area contributed by atoms with E-state index in [1.165, 1.54) is 5.56 Å². The number of nitrogens with zero attached hydrogens (tertiary/aromatic N) is 3. The van der Waals surface area contributed by atoms with E-state index in [-0.39, 0.29) is 12.2 Å². The van der Waals surface area contributed by atoms with Gasteiger partial charge in [-0.3, -0.25) is 4.98 Å². The van der Waals surface area contributed by atoms with Crippen LogP contribution in [0.5, 0.6) is 0 Å². The molecule has 0 bridgehead atoms. The lowest BCUT2D eigenvalue weighted by molar-refractivity contribution is 0.237. The van der Waals surface area contributed by atoms with Gasteiger partial charge in [0.15, 0.2) is 5.49 Å². The fourth-order valence-corrected chi connectivity index (χ4v) is 3.19. The predicted molar refractivity (Wildman–Crippen MR) is 109 cm³/mol. The average Bonchev–Trinajstić information content (AvgIpc) is 3.29. The summed E-state index contributed by atoms with van der Waals surface area (Å²) in [4.78, 5) is 25.6. The molecule has 148 valence electrons. The second kappa shape index (κ2) is 9.14. The molecule has 2 amide bonds. The van der Waals surface area contributed by atoms with Gasteiger partial charge in [0.25, 0.3) is 0 Å². The van der Waals surface area contributed by atoms with Gasteiger partial charge in [-0.1, -0.05) is 36.4 Å². The molecule has 1 unspecified atom stereocenters. The molecule has 0 spiro atoms. The fourth-order valence-electron chi connectivity index (χ4n) is 3.19. The molecule has 0 radical (unpaired) electrons. The van der Waals surface area contributed by atoms with Crippen LogP contribution in [0, 0.1) is 0 Å². The van der Waals surface area contributed by atoms with Gasteiger partial charge in [-0.25, -0.2) is 14.8 Å². The average molecular weight is 389 g/mol. The Morgan fingerprint density at radius 1 is 1.17 bits per heavy atom. The number of carbonyl (C=O) groups is 1. The Bertz CT molecular complexity index is 1060. The first-order valence-corrected chi connectivity index (χ1v) is 9.80. The molecule has 4 rings (SSSR count). The number of hydrogen-bond donors (Lipinski definition) is 2. The van der Waals surface area contributed by atoms with Crippen molar-refractivity contribution in [3.05, 3.63) is 71.5 Å². The number of hydrogen-bond acceptors (Lipinski definition) is 5. The molecule has 1 aliphatic rings. The minimum absolute atomic E-state index is 0.214. The normalized spacial score (nSPS) is 15.0. The number of aryl methyl sites for hydroxylation is 1. The molecule has 2 aromatic heterocycles. The van der Waals surface area contributed by atoms with Gasteiger partial charge in [-0.15, -0.1) is 0 Å². The Morgan fingerprint density at radius 2 is 2.07 bits per heavy atom. The minimum atomic E-state index is -0.347. The Hall–Kier alpha value is -3.48. The lowest BCUT2D eigenvalue weighted by Crippen LogP contribution is -2.46. The summed E-state index contributed by atoms with van der Waals surface area (Å²) in [6.45, 7) is 0.635. The third-order valence-corrected chi connectivity index (χ3v) is 4.73. The monoisotopic (exact) mass is 389 g/mol. The first-order valence-electron chi connectivity index (χ1n) is 9.80. The van der Waals surface area contributed by atoms with Gasteiger partial charge in [-0.05, 0) is 30.9 Å². The highest BCUT2D eigenvalue weighted by Gasteiger charge is 2.13. The summed E-state index contributed by atoms with van der Waals surface area (Å²) < 4.78 is 5.10. The molecule has 3 heterocycles. The number of furan rings is 1. The van der Waals surface area contributed by atoms with Crippen molar-refractivity contribution < 1.29 is 9.21 Å². The molecule has 2 N–H and O–H groups in total. The quantitative estimate of drug-likeness (QED) is 0.606. The third-order valence-electron chi connectivity index (χ3n) is 4.73. The number of nitrogens with one attached hydrogen (secondary N) is 2. The maximum Gasteiger partial charge on any atom is 0.316 e. The van der Waals surface area contributed by atoms with Crippen molar-refractivity contribution in [2.45, 2.75) is 31.8 Å². The summed E-state index contributed by atoms with van der Waals surface area (Å²) in [6, 6.07) is 12.0. The van der Waals surface area contributed by atoms with E-state index >= 15 is 0 Å². The molecule has 7 heteroatoms. The Kier molecular flexibility index (Phi) is 5.95. The zero-order chi connectivity index (χ0) is 19.9. The summed E-state index contributed by atoms with van der Waals surface area (Å²) in [5, 5.41) is 6.52. The number of rotatable bonds is 7. The maximum atomic E-state index is 12.2. The molecule has 1 aliphatic heterocycles. The first-order chi connectivity index (χ1) is 14.3. The molecule has 0 saturated carbocycles. The lowest BCUT2D eigenvalue weighted by Gasteiger charge is -2.15. The van der Waals surface area contributed by atoms with E-state index in [2.05, 4.69) is 37.7 Å². The summed E-state index contributed by atoms with van der Waals surface area (Å²) >= 11 is 0. The molecule has 29 heavy (non-hydrogen) atoms. The van der Waals surface area contributed by atoms with Crippen LogP contribution in [0.1, 0.15) is 24.8 Å². The number of carbonyl (C=O) groups excluding carboxylic acids is 1. The van der Waals surface area contributed by atoms with Gasteiger partial charge in [-0.2, -0.15) is 0 Å². The van der Waals surface area contributed by atoms with Crippen LogP contribution in [-0.2, 0) is 6.42 Å². The van der Waals surface area contributed by atoms with Gasteiger partial charge < -0.3 is 15.1 Å². The number of benzene rings is 1. The zero-order valence-electron chi connectivity index (χ0n) is 16.0. The predicted octanol–water partition coefficient (Wildman–Crippen LogP) is 2.19. The Morgan fingerprint density at radius 3 is 2.90 bits per heavy atom. The smallest absolute Gasteiger partial charge is 0.316 e. The molecule has 0 saturated heterocycles. The highest BCUT2D eigenvalue weighted by molar-refractivity contribution is 5.74. The number of fused-ring (bicyclic) bond motifs is 1. The van der Waals surface area contributed by atoms with Gasteiger partial charge in [0, 0.05) is 18.5 Å². The SMILES string of the molecule is O=C(NCCCCc1ccccc1)NC1CC=c2ncc(-c3ccoc3)nc2=N1. The van der Waals surface area contributed by atoms with E-state index in [1.54, 1.807) is 18.7 Å². The van der Waals surface area contributed by atoms with E-state index < -0.39 is 0 Å². The van der Waals surface area contributed by atoms with Crippen molar-refractivity contribution in [3.8, 4) is 11.3 Å². The van der Waals surface area contributed by atoms with Crippen molar-refractivity contribution in [1.29, 1.82) is 0 Å². The van der Waals surface area contributed by atoms with Crippen LogP contribution < -0.4 is 21.5 Å². The van der Waals surface area contributed by atoms with Crippen molar-refractivity contribution in [1.82, 2.24) is 20.6 Å². The van der Waals surface area contributed by atoms with Crippen LogP contribution in [0.3, 0.4) is 0 Å². The molecule has 0 aliphatic carbocycles. The second-order valence-corrected chi connectivity index (χ2v) is 6.90. The molecular weight excluding hydrogens is 366 g/mol. The van der Waals surface area contributed by atoms with Crippen molar-refractivity contribution in [2.24, 2.45) is 4.99 Å².